The predicted molar refractivity (Wildman–Crippen MR) is 71.2 cm³/mol. The zero-order valence-corrected chi connectivity index (χ0v) is 10.8. The summed E-state index contributed by atoms with van der Waals surface area (Å²) in [4.78, 5) is 13.8. The Morgan fingerprint density at radius 3 is 2.78 bits per heavy atom. The molecule has 0 aliphatic carbocycles. The van der Waals surface area contributed by atoms with Gasteiger partial charge in [0.15, 0.2) is 0 Å². The lowest BCUT2D eigenvalue weighted by atomic mass is 9.95. The number of hydrogen-bond acceptors (Lipinski definition) is 3. The number of likely N-dealkylation sites (tertiary alicyclic amines) is 1. The van der Waals surface area contributed by atoms with E-state index in [1.54, 1.807) is 0 Å². The van der Waals surface area contributed by atoms with Crippen molar-refractivity contribution in [2.24, 2.45) is 0 Å². The van der Waals surface area contributed by atoms with Crippen LogP contribution in [0.25, 0.3) is 0 Å². The van der Waals surface area contributed by atoms with Gasteiger partial charge in [-0.15, -0.1) is 0 Å². The van der Waals surface area contributed by atoms with Crippen molar-refractivity contribution < 1.29 is 9.53 Å². The number of carbonyl (C=O) groups excluding carboxylic acids is 1. The summed E-state index contributed by atoms with van der Waals surface area (Å²) in [5.41, 5.74) is 7.58. The Kier molecular flexibility index (Phi) is 4.07. The van der Waals surface area contributed by atoms with Crippen LogP contribution < -0.4 is 5.73 Å². The molecule has 1 fully saturated rings. The molecule has 4 nitrogen and oxygen atoms in total. The van der Waals surface area contributed by atoms with Crippen molar-refractivity contribution >= 4 is 11.8 Å². The first-order valence-corrected chi connectivity index (χ1v) is 6.51. The number of nitrogens with zero attached hydrogens (tertiary/aromatic N) is 1. The van der Waals surface area contributed by atoms with Crippen LogP contribution in [0.15, 0.2) is 24.3 Å². The van der Waals surface area contributed by atoms with Crippen molar-refractivity contribution in [2.45, 2.75) is 32.2 Å². The van der Waals surface area contributed by atoms with E-state index >= 15 is 0 Å². The first-order chi connectivity index (χ1) is 8.72. The number of hydrogen-bond donors (Lipinski definition) is 1. The Bertz CT molecular complexity index is 403. The maximum Gasteiger partial charge on any atom is 0.410 e. The fraction of sp³-hybridized carbons (Fsp3) is 0.500. The molecule has 0 spiro atoms. The minimum Gasteiger partial charge on any atom is -0.450 e. The monoisotopic (exact) mass is 248 g/mol. The Hall–Kier alpha value is -1.71. The topological polar surface area (TPSA) is 55.6 Å². The van der Waals surface area contributed by atoms with E-state index < -0.39 is 0 Å². The van der Waals surface area contributed by atoms with E-state index in [2.05, 4.69) is 0 Å². The molecule has 0 radical (unpaired) electrons. The maximum atomic E-state index is 11.9. The molecule has 1 saturated heterocycles. The van der Waals surface area contributed by atoms with Gasteiger partial charge in [-0.1, -0.05) is 12.1 Å². The van der Waals surface area contributed by atoms with E-state index in [1.165, 1.54) is 0 Å². The van der Waals surface area contributed by atoms with Gasteiger partial charge in [0.2, 0.25) is 0 Å². The van der Waals surface area contributed by atoms with Crippen LogP contribution in [0.4, 0.5) is 10.5 Å². The van der Waals surface area contributed by atoms with Gasteiger partial charge >= 0.3 is 6.09 Å². The number of nitrogens with two attached hydrogens (primary N) is 1. The third-order valence-electron chi connectivity index (χ3n) is 3.33. The molecular weight excluding hydrogens is 228 g/mol. The molecule has 1 heterocycles. The summed E-state index contributed by atoms with van der Waals surface area (Å²) in [7, 11) is 0. The number of nitrogen functional groups attached to an aromatic ring is 1. The van der Waals surface area contributed by atoms with E-state index in [0.717, 1.165) is 37.1 Å². The van der Waals surface area contributed by atoms with E-state index in [0.29, 0.717) is 6.61 Å². The number of benzene rings is 1. The highest BCUT2D eigenvalue weighted by molar-refractivity contribution is 5.68. The molecule has 2 rings (SSSR count). The highest BCUT2D eigenvalue weighted by Crippen LogP contribution is 2.31. The first-order valence-electron chi connectivity index (χ1n) is 6.51. The Morgan fingerprint density at radius 1 is 1.39 bits per heavy atom. The highest BCUT2D eigenvalue weighted by atomic mass is 16.6. The second kappa shape index (κ2) is 5.76. The smallest absolute Gasteiger partial charge is 0.410 e. The van der Waals surface area contributed by atoms with Crippen molar-refractivity contribution in [3.05, 3.63) is 29.8 Å². The van der Waals surface area contributed by atoms with Crippen LogP contribution >= 0.6 is 0 Å². The Labute approximate surface area is 108 Å². The molecule has 1 aliphatic heterocycles. The lowest BCUT2D eigenvalue weighted by Gasteiger charge is -2.35. The average Bonchev–Trinajstić information content (AvgIpc) is 2.40. The van der Waals surface area contributed by atoms with Crippen LogP contribution in [0.1, 0.15) is 37.8 Å². The maximum absolute atomic E-state index is 11.9. The fourth-order valence-corrected chi connectivity index (χ4v) is 2.42. The molecule has 1 atom stereocenters. The Morgan fingerprint density at radius 2 is 2.11 bits per heavy atom. The van der Waals surface area contributed by atoms with Gasteiger partial charge in [0.1, 0.15) is 0 Å². The SMILES string of the molecule is CCOC(=O)N1CCCCC1c1ccc(N)cc1. The zero-order chi connectivity index (χ0) is 13.0. The number of carbonyl (C=O) groups is 1. The lowest BCUT2D eigenvalue weighted by Crippen LogP contribution is -2.38. The van der Waals surface area contributed by atoms with Crippen LogP contribution in [-0.4, -0.2) is 24.1 Å². The summed E-state index contributed by atoms with van der Waals surface area (Å²) in [5, 5.41) is 0. The van der Waals surface area contributed by atoms with Gasteiger partial charge in [0.05, 0.1) is 12.6 Å². The molecule has 0 saturated carbocycles. The molecule has 2 N–H and O–H groups in total. The van der Waals surface area contributed by atoms with Gasteiger partial charge in [0, 0.05) is 12.2 Å². The number of rotatable bonds is 2. The van der Waals surface area contributed by atoms with Crippen LogP contribution in [0.3, 0.4) is 0 Å². The molecular formula is C14H20N2O2. The lowest BCUT2D eigenvalue weighted by molar-refractivity contribution is 0.0766. The molecule has 0 aromatic heterocycles. The van der Waals surface area contributed by atoms with Gasteiger partial charge in [0.25, 0.3) is 0 Å². The summed E-state index contributed by atoms with van der Waals surface area (Å²) >= 11 is 0. The molecule has 1 amide bonds. The molecule has 1 unspecified atom stereocenters. The molecule has 1 aromatic rings. The number of amides is 1. The normalized spacial score (nSPS) is 19.6. The van der Waals surface area contributed by atoms with E-state index in [9.17, 15) is 4.79 Å². The van der Waals surface area contributed by atoms with Crippen LogP contribution in [0.5, 0.6) is 0 Å². The van der Waals surface area contributed by atoms with Crippen molar-refractivity contribution in [3.63, 3.8) is 0 Å². The second-order valence-electron chi connectivity index (χ2n) is 4.57. The van der Waals surface area contributed by atoms with Crippen molar-refractivity contribution in [1.29, 1.82) is 0 Å². The van der Waals surface area contributed by atoms with Crippen LogP contribution in [-0.2, 0) is 4.74 Å². The number of piperidine rings is 1. The van der Waals surface area contributed by atoms with E-state index in [4.69, 9.17) is 10.5 Å². The van der Waals surface area contributed by atoms with Gasteiger partial charge < -0.3 is 15.4 Å². The predicted octanol–water partition coefficient (Wildman–Crippen LogP) is 2.95. The van der Waals surface area contributed by atoms with Crippen molar-refractivity contribution in [2.75, 3.05) is 18.9 Å². The Balaban J connectivity index is 2.17. The van der Waals surface area contributed by atoms with Gasteiger partial charge in [-0.05, 0) is 43.9 Å². The quantitative estimate of drug-likeness (QED) is 0.819. The molecule has 18 heavy (non-hydrogen) atoms. The standard InChI is InChI=1S/C14H20N2O2/c1-2-18-14(17)16-10-4-3-5-13(16)11-6-8-12(15)9-7-11/h6-9,13H,2-5,10,15H2,1H3. The molecule has 98 valence electrons. The number of anilines is 1. The van der Waals surface area contributed by atoms with E-state index in [1.807, 2.05) is 36.1 Å². The van der Waals surface area contributed by atoms with E-state index in [-0.39, 0.29) is 12.1 Å². The molecule has 1 aromatic carbocycles. The third kappa shape index (κ3) is 2.75. The first kappa shape index (κ1) is 12.7. The summed E-state index contributed by atoms with van der Waals surface area (Å²) in [5.74, 6) is 0. The van der Waals surface area contributed by atoms with Gasteiger partial charge in [-0.2, -0.15) is 0 Å². The summed E-state index contributed by atoms with van der Waals surface area (Å²) in [6, 6.07) is 7.88. The summed E-state index contributed by atoms with van der Waals surface area (Å²) in [6.07, 6.45) is 2.97. The zero-order valence-electron chi connectivity index (χ0n) is 10.8. The van der Waals surface area contributed by atoms with Gasteiger partial charge in [-0.25, -0.2) is 4.79 Å². The summed E-state index contributed by atoms with van der Waals surface area (Å²) in [6.45, 7) is 3.03. The largest absolute Gasteiger partial charge is 0.450 e. The third-order valence-corrected chi connectivity index (χ3v) is 3.33. The van der Waals surface area contributed by atoms with Crippen LogP contribution in [0.2, 0.25) is 0 Å². The average molecular weight is 248 g/mol. The summed E-state index contributed by atoms with van der Waals surface area (Å²) < 4.78 is 5.12. The second-order valence-corrected chi connectivity index (χ2v) is 4.57. The molecule has 1 aliphatic rings. The molecule has 0 bridgehead atoms. The van der Waals surface area contributed by atoms with Gasteiger partial charge in [-0.3, -0.25) is 0 Å². The minimum atomic E-state index is -0.209. The van der Waals surface area contributed by atoms with Crippen molar-refractivity contribution in [3.8, 4) is 0 Å². The van der Waals surface area contributed by atoms with Crippen molar-refractivity contribution in [1.82, 2.24) is 4.90 Å². The fourth-order valence-electron chi connectivity index (χ4n) is 2.42. The number of ether oxygens (including phenoxy) is 1. The van der Waals surface area contributed by atoms with Crippen LogP contribution in [0, 0.1) is 0 Å². The minimum absolute atomic E-state index is 0.124. The molecule has 4 heteroatoms. The highest BCUT2D eigenvalue weighted by Gasteiger charge is 2.28.